The number of ether oxygens (including phenoxy) is 2. The number of rotatable bonds is 3. The van der Waals surface area contributed by atoms with Crippen LogP contribution in [0, 0.1) is 5.82 Å². The summed E-state index contributed by atoms with van der Waals surface area (Å²) < 4.78 is 26.0. The van der Waals surface area contributed by atoms with E-state index in [1.54, 1.807) is 12.1 Å². The molecule has 0 aromatic heterocycles. The van der Waals surface area contributed by atoms with Crippen LogP contribution in [-0.4, -0.2) is 6.79 Å². The predicted octanol–water partition coefficient (Wildman–Crippen LogP) is 4.69. The van der Waals surface area contributed by atoms with E-state index in [2.05, 4.69) is 37.2 Å². The van der Waals surface area contributed by atoms with Gasteiger partial charge in [-0.05, 0) is 35.9 Å². The normalized spacial score (nSPS) is 12.6. The Labute approximate surface area is 132 Å². The van der Waals surface area contributed by atoms with Crippen molar-refractivity contribution in [1.82, 2.24) is 0 Å². The molecule has 0 radical (unpaired) electrons. The second-order valence-corrected chi connectivity index (χ2v) is 6.04. The van der Waals surface area contributed by atoms with E-state index >= 15 is 0 Å². The third-order valence-corrected chi connectivity index (χ3v) is 4.17. The largest absolute Gasteiger partial charge is 0.454 e. The first-order valence-corrected chi connectivity index (χ1v) is 7.49. The average molecular weight is 403 g/mol. The highest BCUT2D eigenvalue weighted by Crippen LogP contribution is 2.37. The van der Waals surface area contributed by atoms with Gasteiger partial charge >= 0.3 is 0 Å². The fourth-order valence-corrected chi connectivity index (χ4v) is 2.71. The van der Waals surface area contributed by atoms with Crippen molar-refractivity contribution in [3.63, 3.8) is 0 Å². The van der Waals surface area contributed by atoms with Gasteiger partial charge in [0.25, 0.3) is 0 Å². The summed E-state index contributed by atoms with van der Waals surface area (Å²) in [6.07, 6.45) is 0. The van der Waals surface area contributed by atoms with Gasteiger partial charge in [0.05, 0.1) is 5.69 Å². The minimum atomic E-state index is -0.295. The van der Waals surface area contributed by atoms with E-state index in [9.17, 15) is 4.39 Å². The Kier molecular flexibility index (Phi) is 3.85. The molecule has 20 heavy (non-hydrogen) atoms. The van der Waals surface area contributed by atoms with Crippen LogP contribution in [0.3, 0.4) is 0 Å². The number of fused-ring (bicyclic) bond motifs is 1. The Hall–Kier alpha value is -1.27. The molecule has 0 atom stereocenters. The van der Waals surface area contributed by atoms with Crippen molar-refractivity contribution in [2.45, 2.75) is 6.54 Å². The highest BCUT2D eigenvalue weighted by molar-refractivity contribution is 9.10. The number of hydrogen-bond acceptors (Lipinski definition) is 3. The predicted molar refractivity (Wildman–Crippen MR) is 81.7 cm³/mol. The molecule has 1 aliphatic heterocycles. The van der Waals surface area contributed by atoms with Crippen LogP contribution in [0.2, 0.25) is 0 Å². The smallest absolute Gasteiger partial charge is 0.231 e. The van der Waals surface area contributed by atoms with Gasteiger partial charge in [-0.3, -0.25) is 0 Å². The van der Waals surface area contributed by atoms with Crippen LogP contribution in [0.25, 0.3) is 0 Å². The second kappa shape index (κ2) is 5.61. The van der Waals surface area contributed by atoms with Crippen LogP contribution in [0.1, 0.15) is 5.56 Å². The van der Waals surface area contributed by atoms with Gasteiger partial charge in [-0.1, -0.05) is 31.9 Å². The van der Waals surface area contributed by atoms with E-state index in [-0.39, 0.29) is 12.6 Å². The molecule has 0 saturated heterocycles. The highest BCUT2D eigenvalue weighted by Gasteiger charge is 2.16. The fourth-order valence-electron chi connectivity index (χ4n) is 1.92. The first-order valence-electron chi connectivity index (χ1n) is 5.90. The Balaban J connectivity index is 1.78. The molecule has 0 fully saturated rings. The number of benzene rings is 2. The summed E-state index contributed by atoms with van der Waals surface area (Å²) in [6.45, 7) is 0.718. The topological polar surface area (TPSA) is 30.5 Å². The minimum absolute atomic E-state index is 0.236. The summed E-state index contributed by atoms with van der Waals surface area (Å²) in [5.41, 5.74) is 1.43. The molecule has 0 bridgehead atoms. The SMILES string of the molecule is Fc1cc(Br)ccc1NCc1cc2c(cc1Br)OCO2. The van der Waals surface area contributed by atoms with Crippen molar-refractivity contribution in [1.29, 1.82) is 0 Å². The lowest BCUT2D eigenvalue weighted by molar-refractivity contribution is 0.174. The van der Waals surface area contributed by atoms with E-state index in [4.69, 9.17) is 9.47 Å². The van der Waals surface area contributed by atoms with Crippen molar-refractivity contribution in [2.75, 3.05) is 12.1 Å². The summed E-state index contributed by atoms with van der Waals surface area (Å²) in [7, 11) is 0. The summed E-state index contributed by atoms with van der Waals surface area (Å²) in [5.74, 6) is 1.13. The molecular formula is C14H10Br2FNO2. The van der Waals surface area contributed by atoms with Gasteiger partial charge in [0, 0.05) is 15.5 Å². The Morgan fingerprint density at radius 2 is 1.85 bits per heavy atom. The Morgan fingerprint density at radius 1 is 1.10 bits per heavy atom. The summed E-state index contributed by atoms with van der Waals surface area (Å²) in [4.78, 5) is 0. The van der Waals surface area contributed by atoms with Crippen molar-refractivity contribution in [2.24, 2.45) is 0 Å². The van der Waals surface area contributed by atoms with Gasteiger partial charge in [-0.25, -0.2) is 4.39 Å². The van der Waals surface area contributed by atoms with E-state index in [1.165, 1.54) is 6.07 Å². The minimum Gasteiger partial charge on any atom is -0.454 e. The zero-order valence-corrected chi connectivity index (χ0v) is 13.4. The molecule has 1 aliphatic rings. The summed E-state index contributed by atoms with van der Waals surface area (Å²) in [6, 6.07) is 8.66. The van der Waals surface area contributed by atoms with E-state index in [1.807, 2.05) is 12.1 Å². The molecule has 0 saturated carbocycles. The van der Waals surface area contributed by atoms with Crippen molar-refractivity contribution >= 4 is 37.5 Å². The second-order valence-electron chi connectivity index (χ2n) is 4.27. The highest BCUT2D eigenvalue weighted by atomic mass is 79.9. The Morgan fingerprint density at radius 3 is 2.60 bits per heavy atom. The van der Waals surface area contributed by atoms with Gasteiger partial charge in [0.1, 0.15) is 5.82 Å². The average Bonchev–Trinajstić information content (AvgIpc) is 2.84. The molecule has 1 heterocycles. The number of nitrogens with one attached hydrogen (secondary N) is 1. The molecule has 1 N–H and O–H groups in total. The maximum Gasteiger partial charge on any atom is 0.231 e. The van der Waals surface area contributed by atoms with Crippen molar-refractivity contribution < 1.29 is 13.9 Å². The fraction of sp³-hybridized carbons (Fsp3) is 0.143. The maximum absolute atomic E-state index is 13.7. The van der Waals surface area contributed by atoms with Crippen LogP contribution in [0.15, 0.2) is 39.3 Å². The van der Waals surface area contributed by atoms with Crippen LogP contribution in [-0.2, 0) is 6.54 Å². The molecule has 0 aliphatic carbocycles. The van der Waals surface area contributed by atoms with Gasteiger partial charge in [0.2, 0.25) is 6.79 Å². The number of hydrogen-bond donors (Lipinski definition) is 1. The lowest BCUT2D eigenvalue weighted by atomic mass is 10.2. The monoisotopic (exact) mass is 401 g/mol. The van der Waals surface area contributed by atoms with E-state index in [0.717, 1.165) is 15.8 Å². The molecule has 3 nitrogen and oxygen atoms in total. The molecule has 6 heteroatoms. The zero-order valence-electron chi connectivity index (χ0n) is 10.3. The standard InChI is InChI=1S/C14H10Br2FNO2/c15-9-1-2-12(11(17)4-9)18-6-8-3-13-14(5-10(8)16)20-7-19-13/h1-5,18H,6-7H2. The lowest BCUT2D eigenvalue weighted by Gasteiger charge is -2.10. The lowest BCUT2D eigenvalue weighted by Crippen LogP contribution is -2.02. The van der Waals surface area contributed by atoms with Crippen molar-refractivity contribution in [3.8, 4) is 11.5 Å². The van der Waals surface area contributed by atoms with Gasteiger partial charge < -0.3 is 14.8 Å². The maximum atomic E-state index is 13.7. The molecule has 3 rings (SSSR count). The molecule has 0 spiro atoms. The summed E-state index contributed by atoms with van der Waals surface area (Å²) in [5, 5.41) is 3.07. The first-order chi connectivity index (χ1) is 9.63. The number of halogens is 3. The molecular weight excluding hydrogens is 393 g/mol. The van der Waals surface area contributed by atoms with Crippen molar-refractivity contribution in [3.05, 3.63) is 50.7 Å². The van der Waals surface area contributed by atoms with E-state index < -0.39 is 0 Å². The molecule has 104 valence electrons. The molecule has 2 aromatic carbocycles. The zero-order chi connectivity index (χ0) is 14.1. The van der Waals surface area contributed by atoms with E-state index in [0.29, 0.717) is 22.5 Å². The third kappa shape index (κ3) is 2.76. The van der Waals surface area contributed by atoms with Crippen LogP contribution >= 0.6 is 31.9 Å². The number of anilines is 1. The van der Waals surface area contributed by atoms with Gasteiger partial charge in [-0.2, -0.15) is 0 Å². The first kappa shape index (κ1) is 13.7. The van der Waals surface area contributed by atoms with Gasteiger partial charge in [-0.15, -0.1) is 0 Å². The molecule has 2 aromatic rings. The summed E-state index contributed by atoms with van der Waals surface area (Å²) >= 11 is 6.71. The molecule has 0 unspecified atom stereocenters. The van der Waals surface area contributed by atoms with Crippen LogP contribution in [0.5, 0.6) is 11.5 Å². The Bertz CT molecular complexity index is 664. The van der Waals surface area contributed by atoms with Gasteiger partial charge in [0.15, 0.2) is 11.5 Å². The van der Waals surface area contributed by atoms with Crippen LogP contribution in [0.4, 0.5) is 10.1 Å². The third-order valence-electron chi connectivity index (χ3n) is 2.94. The quantitative estimate of drug-likeness (QED) is 0.807. The van der Waals surface area contributed by atoms with Crippen LogP contribution < -0.4 is 14.8 Å². The molecule has 0 amide bonds.